The number of aliphatic hydroxyl groups is 10. The maximum atomic E-state index is 12.5. The molecule has 0 aliphatic carbocycles. The van der Waals surface area contributed by atoms with Crippen LogP contribution >= 0.6 is 0 Å². The van der Waals surface area contributed by atoms with Crippen molar-refractivity contribution in [3.8, 4) is 0 Å². The van der Waals surface area contributed by atoms with E-state index >= 15 is 0 Å². The Morgan fingerprint density at radius 2 is 1.26 bits per heavy atom. The fourth-order valence-corrected chi connectivity index (χ4v) is 6.71. The highest BCUT2D eigenvalue weighted by molar-refractivity contribution is 5.87. The topological polar surface area (TPSA) is 247 Å². The van der Waals surface area contributed by atoms with Crippen LogP contribution in [0, 0.1) is 29.6 Å². The van der Waals surface area contributed by atoms with E-state index in [4.69, 9.17) is 19.3 Å². The highest BCUT2D eigenvalue weighted by atomic mass is 16.7. The van der Waals surface area contributed by atoms with Crippen molar-refractivity contribution in [1.29, 1.82) is 0 Å². The molecule has 0 aromatic heterocycles. The first kappa shape index (κ1) is 50.0. The van der Waals surface area contributed by atoms with Gasteiger partial charge < -0.3 is 65.3 Å². The molecule has 0 saturated carbocycles. The monoisotopic (exact) mass is 774 g/mol. The summed E-state index contributed by atoms with van der Waals surface area (Å²) in [5.41, 5.74) is 2.14. The molecule has 14 heteroatoms. The zero-order valence-electron chi connectivity index (χ0n) is 33.7. The lowest BCUT2D eigenvalue weighted by atomic mass is 9.87. The Morgan fingerprint density at radius 3 is 1.78 bits per heavy atom. The standard InChI is InChI=1S/C40H70O14/c1-11-20(2)12-21(3)13-26(8)38(54-40-37(50)36(49)35(48)31(18-42)53-40)27(9)15-24(6)32(45)22(4)14-23(5)33(46)25(7)16-28(10)39(51)52-19-30(44)34(47)29(43)17-41/h13-16,20-22,25,27,29-38,40-50H,11-12,17-19H2,1-10H3/b23-14+,24-15+,26-13+,28-16+/t20?,21?,22?,25?,27?,29-,30-,31-,32?,33?,34+,35-,36+,37+,38?,40+/m1/s1. The first-order valence-electron chi connectivity index (χ1n) is 19.0. The fraction of sp³-hybridized carbons (Fsp3) is 0.775. The van der Waals surface area contributed by atoms with Gasteiger partial charge in [-0.3, -0.25) is 0 Å². The van der Waals surface area contributed by atoms with Crippen molar-refractivity contribution >= 4 is 5.97 Å². The van der Waals surface area contributed by atoms with Crippen LogP contribution in [-0.4, -0.2) is 144 Å². The smallest absolute Gasteiger partial charge is 0.333 e. The Kier molecular flexibility index (Phi) is 22.1. The van der Waals surface area contributed by atoms with Crippen LogP contribution in [-0.2, 0) is 19.0 Å². The van der Waals surface area contributed by atoms with Crippen molar-refractivity contribution in [3.05, 3.63) is 46.6 Å². The normalized spacial score (nSPS) is 28.3. The van der Waals surface area contributed by atoms with Crippen LogP contribution in [0.3, 0.4) is 0 Å². The van der Waals surface area contributed by atoms with E-state index < -0.39 is 105 Å². The largest absolute Gasteiger partial charge is 0.459 e. The minimum Gasteiger partial charge on any atom is -0.459 e. The van der Waals surface area contributed by atoms with Gasteiger partial charge in [0.05, 0.1) is 31.5 Å². The number of carbonyl (C=O) groups is 1. The number of hydrogen-bond donors (Lipinski definition) is 10. The SMILES string of the molecule is CCC(C)CC(C)/C=C(\C)C(O[C@@H]1O[C@H](CO)[C@@H](O)[C@H](O)[C@@H]1O)C(C)/C=C(\C)C(O)C(C)/C=C(\C)C(O)C(C)/C=C(\C)C(=O)OC[C@@H](O)[C@@H](O)[C@H](O)CO. The number of allylic oxidation sites excluding steroid dienone is 1. The van der Waals surface area contributed by atoms with Gasteiger partial charge in [-0.05, 0) is 62.7 Å². The molecule has 0 amide bonds. The lowest BCUT2D eigenvalue weighted by Gasteiger charge is -2.41. The van der Waals surface area contributed by atoms with Gasteiger partial charge in [-0.1, -0.05) is 72.3 Å². The van der Waals surface area contributed by atoms with E-state index in [2.05, 4.69) is 26.8 Å². The Morgan fingerprint density at radius 1 is 0.722 bits per heavy atom. The van der Waals surface area contributed by atoms with Crippen LogP contribution < -0.4 is 0 Å². The van der Waals surface area contributed by atoms with Crippen molar-refractivity contribution in [2.75, 3.05) is 19.8 Å². The quantitative estimate of drug-likeness (QED) is 0.0423. The van der Waals surface area contributed by atoms with E-state index in [1.165, 1.54) is 13.0 Å². The van der Waals surface area contributed by atoms with Gasteiger partial charge in [0.15, 0.2) is 6.29 Å². The number of aliphatic hydroxyl groups excluding tert-OH is 10. The zero-order chi connectivity index (χ0) is 41.6. The average Bonchev–Trinajstić information content (AvgIpc) is 3.13. The van der Waals surface area contributed by atoms with Gasteiger partial charge >= 0.3 is 5.97 Å². The molecule has 14 nitrogen and oxygen atoms in total. The molecule has 1 aliphatic rings. The van der Waals surface area contributed by atoms with E-state index in [0.29, 0.717) is 17.1 Å². The molecule has 0 bridgehead atoms. The van der Waals surface area contributed by atoms with Crippen LogP contribution in [0.25, 0.3) is 0 Å². The molecule has 0 radical (unpaired) electrons. The zero-order valence-corrected chi connectivity index (χ0v) is 33.7. The van der Waals surface area contributed by atoms with Crippen LogP contribution in [0.4, 0.5) is 0 Å². The first-order chi connectivity index (χ1) is 25.1. The van der Waals surface area contributed by atoms with E-state index in [0.717, 1.165) is 18.4 Å². The Labute approximate surface area is 321 Å². The van der Waals surface area contributed by atoms with Crippen molar-refractivity contribution in [2.24, 2.45) is 29.6 Å². The molecule has 0 aromatic carbocycles. The van der Waals surface area contributed by atoms with E-state index in [1.807, 2.05) is 19.9 Å². The van der Waals surface area contributed by atoms with Crippen LogP contribution in [0.2, 0.25) is 0 Å². The summed E-state index contributed by atoms with van der Waals surface area (Å²) in [4.78, 5) is 12.5. The predicted molar refractivity (Wildman–Crippen MR) is 202 cm³/mol. The summed E-state index contributed by atoms with van der Waals surface area (Å²) in [7, 11) is 0. The van der Waals surface area contributed by atoms with E-state index in [9.17, 15) is 50.8 Å². The van der Waals surface area contributed by atoms with Gasteiger partial charge in [-0.15, -0.1) is 0 Å². The molecule has 16 atom stereocenters. The van der Waals surface area contributed by atoms with Gasteiger partial charge in [0.1, 0.15) is 49.3 Å². The summed E-state index contributed by atoms with van der Waals surface area (Å²) in [6.45, 7) is 16.7. The van der Waals surface area contributed by atoms with Gasteiger partial charge in [0.25, 0.3) is 0 Å². The second kappa shape index (κ2) is 23.9. The third-order valence-electron chi connectivity index (χ3n) is 10.3. The van der Waals surface area contributed by atoms with Crippen molar-refractivity contribution in [1.82, 2.24) is 0 Å². The second-order valence-electron chi connectivity index (χ2n) is 15.4. The molecule has 1 heterocycles. The number of rotatable bonds is 22. The number of hydrogen-bond acceptors (Lipinski definition) is 14. The summed E-state index contributed by atoms with van der Waals surface area (Å²) in [6.07, 6.45) is -5.61. The highest BCUT2D eigenvalue weighted by Crippen LogP contribution is 2.30. The molecule has 8 unspecified atom stereocenters. The van der Waals surface area contributed by atoms with E-state index in [-0.39, 0.29) is 17.4 Å². The predicted octanol–water partition coefficient (Wildman–Crippen LogP) is 1.28. The molecule has 1 rings (SSSR count). The van der Waals surface area contributed by atoms with Crippen molar-refractivity contribution in [3.63, 3.8) is 0 Å². The second-order valence-corrected chi connectivity index (χ2v) is 15.4. The lowest BCUT2D eigenvalue weighted by Crippen LogP contribution is -2.60. The Balaban J connectivity index is 3.18. The molecule has 1 saturated heterocycles. The van der Waals surface area contributed by atoms with Gasteiger partial charge in [0.2, 0.25) is 0 Å². The number of ether oxygens (including phenoxy) is 3. The first-order valence-corrected chi connectivity index (χ1v) is 19.0. The summed E-state index contributed by atoms with van der Waals surface area (Å²) in [6, 6.07) is 0. The Hall–Kier alpha value is -2.05. The average molecular weight is 775 g/mol. The van der Waals surface area contributed by atoms with Crippen LogP contribution in [0.1, 0.15) is 82.1 Å². The minimum atomic E-state index is -1.71. The molecular formula is C40H70O14. The molecule has 54 heavy (non-hydrogen) atoms. The molecular weight excluding hydrogens is 704 g/mol. The van der Waals surface area contributed by atoms with Crippen molar-refractivity contribution < 1.29 is 70.1 Å². The molecule has 0 aromatic rings. The molecule has 314 valence electrons. The number of carbonyl (C=O) groups excluding carboxylic acids is 1. The summed E-state index contributed by atoms with van der Waals surface area (Å²) >= 11 is 0. The minimum absolute atomic E-state index is 0.138. The van der Waals surface area contributed by atoms with Crippen LogP contribution in [0.5, 0.6) is 0 Å². The fourth-order valence-electron chi connectivity index (χ4n) is 6.71. The molecule has 1 fully saturated rings. The molecule has 10 N–H and O–H groups in total. The maximum absolute atomic E-state index is 12.5. The lowest BCUT2D eigenvalue weighted by molar-refractivity contribution is -0.310. The van der Waals surface area contributed by atoms with Crippen LogP contribution in [0.15, 0.2) is 46.6 Å². The summed E-state index contributed by atoms with van der Waals surface area (Å²) < 4.78 is 17.0. The van der Waals surface area contributed by atoms with E-state index in [1.54, 1.807) is 33.8 Å². The number of esters is 1. The van der Waals surface area contributed by atoms with Crippen molar-refractivity contribution in [2.45, 2.75) is 149 Å². The third kappa shape index (κ3) is 15.1. The van der Waals surface area contributed by atoms with Gasteiger partial charge in [-0.25, -0.2) is 4.79 Å². The summed E-state index contributed by atoms with van der Waals surface area (Å²) in [5, 5.41) is 102. The highest BCUT2D eigenvalue weighted by Gasteiger charge is 2.45. The van der Waals surface area contributed by atoms with Gasteiger partial charge in [-0.2, -0.15) is 0 Å². The molecule has 0 spiro atoms. The van der Waals surface area contributed by atoms with Gasteiger partial charge in [0, 0.05) is 23.3 Å². The molecule has 1 aliphatic heterocycles. The Bertz CT molecular complexity index is 1250. The summed E-state index contributed by atoms with van der Waals surface area (Å²) in [5.74, 6) is -1.49. The third-order valence-corrected chi connectivity index (χ3v) is 10.3. The maximum Gasteiger partial charge on any atom is 0.333 e.